The fraction of sp³-hybridized carbons (Fsp3) is 0.316. The summed E-state index contributed by atoms with van der Waals surface area (Å²) in [6.45, 7) is 0. The smallest absolute Gasteiger partial charge is 0.333 e. The van der Waals surface area contributed by atoms with E-state index in [0.717, 1.165) is 17.9 Å². The van der Waals surface area contributed by atoms with Crippen LogP contribution < -0.4 is 10.1 Å². The van der Waals surface area contributed by atoms with Crippen LogP contribution in [0, 0.1) is 5.82 Å². The third kappa shape index (κ3) is 4.97. The van der Waals surface area contributed by atoms with Crippen LogP contribution in [0.2, 0.25) is 0 Å². The number of nitrogens with one attached hydrogen (secondary N) is 1. The topological polar surface area (TPSA) is 77.5 Å². The van der Waals surface area contributed by atoms with Crippen molar-refractivity contribution in [2.75, 3.05) is 18.6 Å². The molecular weight excluding hydrogens is 371 g/mol. The number of hydrogen-bond donors (Lipinski definition) is 1. The summed E-state index contributed by atoms with van der Waals surface area (Å²) in [5.41, 5.74) is 0.728. The number of benzene rings is 1. The Bertz CT molecular complexity index is 810. The molecule has 0 radical (unpaired) electrons. The fourth-order valence-corrected chi connectivity index (χ4v) is 3.75. The zero-order valence-electron chi connectivity index (χ0n) is 14.7. The molecule has 0 aliphatic carbocycles. The lowest BCUT2D eigenvalue weighted by molar-refractivity contribution is -0.143. The van der Waals surface area contributed by atoms with Gasteiger partial charge in [0.25, 0.3) is 5.91 Å². The van der Waals surface area contributed by atoms with Gasteiger partial charge in [-0.25, -0.2) is 14.2 Å². The molecule has 142 valence electrons. The zero-order valence-corrected chi connectivity index (χ0v) is 15.5. The average molecular weight is 390 g/mol. The largest absolute Gasteiger partial charge is 0.473 e. The molecule has 2 unspecified atom stereocenters. The molecule has 1 amide bonds. The number of esters is 1. The highest BCUT2D eigenvalue weighted by Gasteiger charge is 2.25. The second-order valence-electron chi connectivity index (χ2n) is 5.97. The molecule has 1 aliphatic rings. The van der Waals surface area contributed by atoms with E-state index in [9.17, 15) is 14.0 Å². The normalized spacial score (nSPS) is 17.2. The molecule has 0 spiro atoms. The molecule has 27 heavy (non-hydrogen) atoms. The number of carbonyl (C=O) groups is 2. The third-order valence-electron chi connectivity index (χ3n) is 4.09. The predicted molar refractivity (Wildman–Crippen MR) is 99.2 cm³/mol. The highest BCUT2D eigenvalue weighted by atomic mass is 32.2. The van der Waals surface area contributed by atoms with Crippen LogP contribution in [0.25, 0.3) is 0 Å². The van der Waals surface area contributed by atoms with E-state index in [1.54, 1.807) is 0 Å². The molecule has 1 saturated heterocycles. The van der Waals surface area contributed by atoms with Crippen LogP contribution in [0.4, 0.5) is 4.39 Å². The van der Waals surface area contributed by atoms with Crippen molar-refractivity contribution in [1.29, 1.82) is 0 Å². The van der Waals surface area contributed by atoms with Crippen LogP contribution >= 0.6 is 11.8 Å². The number of rotatable bonds is 6. The van der Waals surface area contributed by atoms with E-state index < -0.39 is 23.7 Å². The van der Waals surface area contributed by atoms with Crippen LogP contribution in [0.5, 0.6) is 5.88 Å². The van der Waals surface area contributed by atoms with Crippen molar-refractivity contribution in [2.45, 2.75) is 18.6 Å². The first-order valence-electron chi connectivity index (χ1n) is 8.41. The molecule has 8 heteroatoms. The fourth-order valence-electron chi connectivity index (χ4n) is 2.66. The molecule has 1 aromatic heterocycles. The number of hydrogen-bond acceptors (Lipinski definition) is 6. The summed E-state index contributed by atoms with van der Waals surface area (Å²) in [7, 11) is 1.23. The van der Waals surface area contributed by atoms with Crippen LogP contribution in [0.1, 0.15) is 28.4 Å². The van der Waals surface area contributed by atoms with Crippen molar-refractivity contribution in [3.05, 3.63) is 59.5 Å². The first kappa shape index (κ1) is 19.2. The Labute approximate surface area is 160 Å². The minimum atomic E-state index is -1.05. The Hall–Kier alpha value is -2.61. The molecule has 1 aromatic carbocycles. The number of carbonyl (C=O) groups excluding carboxylic acids is 2. The summed E-state index contributed by atoms with van der Waals surface area (Å²) in [5.74, 6) is 0.739. The number of thioether (sulfide) groups is 1. The molecule has 1 fully saturated rings. The summed E-state index contributed by atoms with van der Waals surface area (Å²) >= 11 is 1.81. The molecule has 2 atom stereocenters. The number of methoxy groups -OCH3 is 1. The molecule has 1 aliphatic heterocycles. The van der Waals surface area contributed by atoms with Crippen molar-refractivity contribution < 1.29 is 23.5 Å². The molecule has 0 saturated carbocycles. The summed E-state index contributed by atoms with van der Waals surface area (Å²) in [5, 5.41) is 2.62. The Morgan fingerprint density at radius 3 is 2.74 bits per heavy atom. The van der Waals surface area contributed by atoms with Gasteiger partial charge in [-0.2, -0.15) is 11.8 Å². The summed E-state index contributed by atoms with van der Waals surface area (Å²) in [4.78, 5) is 28.9. The predicted octanol–water partition coefficient (Wildman–Crippen LogP) is 2.75. The van der Waals surface area contributed by atoms with Gasteiger partial charge in [0.1, 0.15) is 11.9 Å². The van der Waals surface area contributed by atoms with Crippen LogP contribution in [-0.2, 0) is 9.53 Å². The molecular formula is C19H19FN2O4S. The highest BCUT2D eigenvalue weighted by Crippen LogP contribution is 2.23. The Balaban J connectivity index is 1.75. The van der Waals surface area contributed by atoms with Gasteiger partial charge < -0.3 is 14.8 Å². The van der Waals surface area contributed by atoms with Crippen LogP contribution in [0.3, 0.4) is 0 Å². The third-order valence-corrected chi connectivity index (χ3v) is 5.22. The monoisotopic (exact) mass is 390 g/mol. The van der Waals surface area contributed by atoms with Crippen molar-refractivity contribution in [3.63, 3.8) is 0 Å². The van der Waals surface area contributed by atoms with E-state index in [4.69, 9.17) is 9.47 Å². The number of aromatic nitrogens is 1. The SMILES string of the molecule is COC(=O)C(NC(=O)c1ccnc(OC2CCSC2)c1)c1ccc(F)cc1. The molecule has 1 N–H and O–H groups in total. The van der Waals surface area contributed by atoms with Gasteiger partial charge in [-0.15, -0.1) is 0 Å². The second-order valence-corrected chi connectivity index (χ2v) is 7.12. The maximum atomic E-state index is 13.1. The number of halogens is 1. The first-order chi connectivity index (χ1) is 13.1. The van der Waals surface area contributed by atoms with Gasteiger partial charge in [-0.1, -0.05) is 12.1 Å². The molecule has 2 heterocycles. The first-order valence-corrected chi connectivity index (χ1v) is 9.57. The number of nitrogens with zero attached hydrogens (tertiary/aromatic N) is 1. The van der Waals surface area contributed by atoms with Gasteiger partial charge in [0, 0.05) is 23.6 Å². The van der Waals surface area contributed by atoms with E-state index in [-0.39, 0.29) is 6.10 Å². The van der Waals surface area contributed by atoms with Gasteiger partial charge in [-0.05, 0) is 35.9 Å². The zero-order chi connectivity index (χ0) is 19.2. The number of pyridine rings is 1. The Morgan fingerprint density at radius 2 is 2.07 bits per heavy atom. The van der Waals surface area contributed by atoms with E-state index in [1.807, 2.05) is 11.8 Å². The summed E-state index contributed by atoms with van der Waals surface area (Å²) < 4.78 is 23.7. The maximum absolute atomic E-state index is 13.1. The lowest BCUT2D eigenvalue weighted by Gasteiger charge is -2.17. The van der Waals surface area contributed by atoms with Crippen LogP contribution in [-0.4, -0.2) is 41.6 Å². The quantitative estimate of drug-likeness (QED) is 0.765. The minimum absolute atomic E-state index is 0.0860. The molecule has 2 aromatic rings. The van der Waals surface area contributed by atoms with E-state index >= 15 is 0 Å². The molecule has 3 rings (SSSR count). The molecule has 6 nitrogen and oxygen atoms in total. The summed E-state index contributed by atoms with van der Waals surface area (Å²) in [6, 6.07) is 7.31. The Kier molecular flexibility index (Phi) is 6.28. The van der Waals surface area contributed by atoms with E-state index in [2.05, 4.69) is 10.3 Å². The second kappa shape index (κ2) is 8.85. The summed E-state index contributed by atoms with van der Waals surface area (Å²) in [6.07, 6.45) is 2.51. The van der Waals surface area contributed by atoms with Crippen LogP contribution in [0.15, 0.2) is 42.6 Å². The number of ether oxygens (including phenoxy) is 2. The van der Waals surface area contributed by atoms with Crippen molar-refractivity contribution in [2.24, 2.45) is 0 Å². The Morgan fingerprint density at radius 1 is 1.30 bits per heavy atom. The maximum Gasteiger partial charge on any atom is 0.333 e. The minimum Gasteiger partial charge on any atom is -0.473 e. The van der Waals surface area contributed by atoms with E-state index in [0.29, 0.717) is 17.0 Å². The highest BCUT2D eigenvalue weighted by molar-refractivity contribution is 7.99. The standard InChI is InChI=1S/C19H19FN2O4S/c1-25-19(24)17(12-2-4-14(20)5-3-12)22-18(23)13-6-8-21-16(10-13)26-15-7-9-27-11-15/h2-6,8,10,15,17H,7,9,11H2,1H3,(H,22,23). The van der Waals surface area contributed by atoms with Gasteiger partial charge >= 0.3 is 5.97 Å². The van der Waals surface area contributed by atoms with Crippen molar-refractivity contribution in [1.82, 2.24) is 10.3 Å². The number of amides is 1. The van der Waals surface area contributed by atoms with Gasteiger partial charge in [0.2, 0.25) is 5.88 Å². The lowest BCUT2D eigenvalue weighted by Crippen LogP contribution is -2.34. The van der Waals surface area contributed by atoms with Gasteiger partial charge in [0.15, 0.2) is 6.04 Å². The van der Waals surface area contributed by atoms with Crippen molar-refractivity contribution >= 4 is 23.6 Å². The average Bonchev–Trinajstić information content (AvgIpc) is 3.19. The van der Waals surface area contributed by atoms with Gasteiger partial charge in [0.05, 0.1) is 7.11 Å². The van der Waals surface area contributed by atoms with E-state index in [1.165, 1.54) is 49.7 Å². The van der Waals surface area contributed by atoms with Crippen molar-refractivity contribution in [3.8, 4) is 5.88 Å². The molecule has 0 bridgehead atoms. The lowest BCUT2D eigenvalue weighted by atomic mass is 10.1. The van der Waals surface area contributed by atoms with Gasteiger partial charge in [-0.3, -0.25) is 4.79 Å².